The molecule has 6 nitrogen and oxygen atoms in total. The maximum absolute atomic E-state index is 9.43. The molecule has 1 fully saturated rings. The standard InChI is InChI=1S/C9H20N2O4/c10-2-6(11)4-14-5-7-1-8(13)9(3-12)15-7/h6-9,12-13H,1-5,10-11H2/t6?,7-,8?,9-/m1/s1. The number of aliphatic hydroxyl groups excluding tert-OH is 2. The van der Waals surface area contributed by atoms with Crippen molar-refractivity contribution in [3.8, 4) is 0 Å². The van der Waals surface area contributed by atoms with E-state index >= 15 is 0 Å². The van der Waals surface area contributed by atoms with Gasteiger partial charge in [-0.25, -0.2) is 0 Å². The number of hydrogen-bond donors (Lipinski definition) is 4. The van der Waals surface area contributed by atoms with Gasteiger partial charge in [-0.3, -0.25) is 0 Å². The molecule has 90 valence electrons. The van der Waals surface area contributed by atoms with E-state index in [-0.39, 0.29) is 18.8 Å². The summed E-state index contributed by atoms with van der Waals surface area (Å²) in [5.41, 5.74) is 10.9. The molecule has 0 spiro atoms. The fourth-order valence-electron chi connectivity index (χ4n) is 1.51. The highest BCUT2D eigenvalue weighted by Crippen LogP contribution is 2.20. The molecule has 1 rings (SSSR count). The summed E-state index contributed by atoms with van der Waals surface area (Å²) in [6.45, 7) is 0.977. The van der Waals surface area contributed by atoms with Gasteiger partial charge in [-0.15, -0.1) is 0 Å². The molecule has 15 heavy (non-hydrogen) atoms. The highest BCUT2D eigenvalue weighted by Gasteiger charge is 2.33. The number of aliphatic hydroxyl groups is 2. The first-order valence-electron chi connectivity index (χ1n) is 5.15. The van der Waals surface area contributed by atoms with Crippen LogP contribution in [0.4, 0.5) is 0 Å². The summed E-state index contributed by atoms with van der Waals surface area (Å²) < 4.78 is 10.6. The zero-order valence-corrected chi connectivity index (χ0v) is 8.71. The molecule has 0 radical (unpaired) electrons. The average Bonchev–Trinajstić information content (AvgIpc) is 2.58. The van der Waals surface area contributed by atoms with Gasteiger partial charge in [0.25, 0.3) is 0 Å². The van der Waals surface area contributed by atoms with Gasteiger partial charge in [-0.1, -0.05) is 0 Å². The highest BCUT2D eigenvalue weighted by atomic mass is 16.6. The molecular formula is C9H20N2O4. The molecule has 4 atom stereocenters. The lowest BCUT2D eigenvalue weighted by atomic mass is 10.1. The lowest BCUT2D eigenvalue weighted by molar-refractivity contribution is -0.0488. The van der Waals surface area contributed by atoms with Crippen LogP contribution in [0.1, 0.15) is 6.42 Å². The monoisotopic (exact) mass is 220 g/mol. The van der Waals surface area contributed by atoms with Crippen LogP contribution < -0.4 is 11.5 Å². The summed E-state index contributed by atoms with van der Waals surface area (Å²) in [6.07, 6.45) is -0.765. The summed E-state index contributed by atoms with van der Waals surface area (Å²) >= 11 is 0. The van der Waals surface area contributed by atoms with E-state index in [1.807, 2.05) is 0 Å². The third-order valence-electron chi connectivity index (χ3n) is 2.42. The van der Waals surface area contributed by atoms with Crippen LogP contribution in [-0.2, 0) is 9.47 Å². The highest BCUT2D eigenvalue weighted by molar-refractivity contribution is 4.81. The molecule has 6 N–H and O–H groups in total. The Kier molecular flexibility index (Phi) is 5.44. The molecular weight excluding hydrogens is 200 g/mol. The van der Waals surface area contributed by atoms with E-state index in [2.05, 4.69) is 0 Å². The van der Waals surface area contributed by atoms with Crippen LogP contribution in [0.15, 0.2) is 0 Å². The van der Waals surface area contributed by atoms with E-state index in [4.69, 9.17) is 26.0 Å². The lowest BCUT2D eigenvalue weighted by Crippen LogP contribution is -2.35. The van der Waals surface area contributed by atoms with E-state index in [0.29, 0.717) is 26.2 Å². The Balaban J connectivity index is 2.13. The Hall–Kier alpha value is -0.240. The molecule has 0 aromatic rings. The van der Waals surface area contributed by atoms with E-state index in [1.54, 1.807) is 0 Å². The number of hydrogen-bond acceptors (Lipinski definition) is 6. The number of nitrogens with two attached hydrogens (primary N) is 2. The predicted molar refractivity (Wildman–Crippen MR) is 54.2 cm³/mol. The molecule has 0 saturated carbocycles. The SMILES string of the molecule is NCC(N)COC[C@H]1CC(O)[C@@H](CO)O1. The van der Waals surface area contributed by atoms with Gasteiger partial charge in [-0.2, -0.15) is 0 Å². The fraction of sp³-hybridized carbons (Fsp3) is 1.00. The minimum Gasteiger partial charge on any atom is -0.394 e. The molecule has 0 amide bonds. The van der Waals surface area contributed by atoms with E-state index in [9.17, 15) is 5.11 Å². The van der Waals surface area contributed by atoms with Crippen molar-refractivity contribution in [2.75, 3.05) is 26.4 Å². The first kappa shape index (κ1) is 12.8. The van der Waals surface area contributed by atoms with Crippen molar-refractivity contribution in [3.63, 3.8) is 0 Å². The van der Waals surface area contributed by atoms with Gasteiger partial charge in [0.1, 0.15) is 6.10 Å². The van der Waals surface area contributed by atoms with Crippen LogP contribution in [0.25, 0.3) is 0 Å². The molecule has 0 bridgehead atoms. The Bertz CT molecular complexity index is 181. The summed E-state index contributed by atoms with van der Waals surface area (Å²) in [6, 6.07) is -0.162. The molecule has 2 unspecified atom stereocenters. The van der Waals surface area contributed by atoms with E-state index in [0.717, 1.165) is 0 Å². The Morgan fingerprint density at radius 1 is 1.53 bits per heavy atom. The average molecular weight is 220 g/mol. The van der Waals surface area contributed by atoms with Gasteiger partial charge in [0.15, 0.2) is 0 Å². The van der Waals surface area contributed by atoms with Gasteiger partial charge in [0.2, 0.25) is 0 Å². The fourth-order valence-corrected chi connectivity index (χ4v) is 1.51. The maximum atomic E-state index is 9.43. The van der Waals surface area contributed by atoms with Crippen LogP contribution in [0, 0.1) is 0 Å². The third kappa shape index (κ3) is 4.02. The van der Waals surface area contributed by atoms with Crippen LogP contribution in [0.5, 0.6) is 0 Å². The summed E-state index contributed by atoms with van der Waals surface area (Å²) in [5.74, 6) is 0. The molecule has 0 aliphatic carbocycles. The van der Waals surface area contributed by atoms with Crippen molar-refractivity contribution in [2.24, 2.45) is 11.5 Å². The van der Waals surface area contributed by atoms with E-state index < -0.39 is 12.2 Å². The van der Waals surface area contributed by atoms with Gasteiger partial charge < -0.3 is 31.2 Å². The van der Waals surface area contributed by atoms with Gasteiger partial charge >= 0.3 is 0 Å². The smallest absolute Gasteiger partial charge is 0.107 e. The second-order valence-corrected chi connectivity index (χ2v) is 3.82. The molecule has 1 aliphatic heterocycles. The molecule has 1 aliphatic rings. The van der Waals surface area contributed by atoms with Crippen LogP contribution >= 0.6 is 0 Å². The topological polar surface area (TPSA) is 111 Å². The van der Waals surface area contributed by atoms with Crippen molar-refractivity contribution in [1.82, 2.24) is 0 Å². The largest absolute Gasteiger partial charge is 0.394 e. The minimum atomic E-state index is -0.605. The van der Waals surface area contributed by atoms with E-state index in [1.165, 1.54) is 0 Å². The van der Waals surface area contributed by atoms with Gasteiger partial charge in [0, 0.05) is 19.0 Å². The quantitative estimate of drug-likeness (QED) is 0.404. The van der Waals surface area contributed by atoms with Gasteiger partial charge in [-0.05, 0) is 0 Å². The Morgan fingerprint density at radius 3 is 2.80 bits per heavy atom. The van der Waals surface area contributed by atoms with Gasteiger partial charge in [0.05, 0.1) is 32.0 Å². The maximum Gasteiger partial charge on any atom is 0.107 e. The number of ether oxygens (including phenoxy) is 2. The van der Waals surface area contributed by atoms with Crippen molar-refractivity contribution in [3.05, 3.63) is 0 Å². The summed E-state index contributed by atoms with van der Waals surface area (Å²) in [5, 5.41) is 18.3. The first-order valence-corrected chi connectivity index (χ1v) is 5.15. The second-order valence-electron chi connectivity index (χ2n) is 3.82. The zero-order chi connectivity index (χ0) is 11.3. The van der Waals surface area contributed by atoms with Crippen molar-refractivity contribution >= 4 is 0 Å². The molecule has 1 saturated heterocycles. The number of rotatable bonds is 6. The third-order valence-corrected chi connectivity index (χ3v) is 2.42. The van der Waals surface area contributed by atoms with Crippen LogP contribution in [-0.4, -0.2) is 60.9 Å². The first-order chi connectivity index (χ1) is 7.17. The normalized spacial score (nSPS) is 33.2. The Labute approximate surface area is 89.1 Å². The van der Waals surface area contributed by atoms with Crippen molar-refractivity contribution in [2.45, 2.75) is 30.8 Å². The molecule has 0 aromatic carbocycles. The van der Waals surface area contributed by atoms with Crippen LogP contribution in [0.3, 0.4) is 0 Å². The minimum absolute atomic E-state index is 0.162. The Morgan fingerprint density at radius 2 is 2.27 bits per heavy atom. The van der Waals surface area contributed by atoms with Crippen LogP contribution in [0.2, 0.25) is 0 Å². The molecule has 0 aromatic heterocycles. The zero-order valence-electron chi connectivity index (χ0n) is 8.71. The summed E-state index contributed by atoms with van der Waals surface area (Å²) in [7, 11) is 0. The second kappa shape index (κ2) is 6.37. The lowest BCUT2D eigenvalue weighted by Gasteiger charge is -2.14. The molecule has 1 heterocycles. The predicted octanol–water partition coefficient (Wildman–Crippen LogP) is -2.20. The van der Waals surface area contributed by atoms with Crippen molar-refractivity contribution < 1.29 is 19.7 Å². The summed E-state index contributed by atoms with van der Waals surface area (Å²) in [4.78, 5) is 0. The van der Waals surface area contributed by atoms with Crippen molar-refractivity contribution in [1.29, 1.82) is 0 Å². The molecule has 6 heteroatoms.